The van der Waals surface area contributed by atoms with Gasteiger partial charge in [0, 0.05) is 50.9 Å². The number of ether oxygens (including phenoxy) is 1. The zero-order chi connectivity index (χ0) is 16.1. The Morgan fingerprint density at radius 2 is 2.04 bits per heavy atom. The van der Waals surface area contributed by atoms with Gasteiger partial charge in [-0.15, -0.1) is 0 Å². The minimum Gasteiger partial charge on any atom is -0.494 e. The molecule has 23 heavy (non-hydrogen) atoms. The van der Waals surface area contributed by atoms with Gasteiger partial charge < -0.3 is 14.7 Å². The molecule has 0 amide bonds. The van der Waals surface area contributed by atoms with Crippen LogP contribution in [-0.4, -0.2) is 60.3 Å². The molecule has 0 aromatic heterocycles. The van der Waals surface area contributed by atoms with Gasteiger partial charge in [0.1, 0.15) is 5.75 Å². The fraction of sp³-hybridized carbons (Fsp3) is 0.684. The lowest BCUT2D eigenvalue weighted by molar-refractivity contribution is 0.0510. The third-order valence-corrected chi connectivity index (χ3v) is 5.01. The monoisotopic (exact) mass is 318 g/mol. The van der Waals surface area contributed by atoms with Crippen LogP contribution in [-0.2, 0) is 6.54 Å². The predicted octanol–water partition coefficient (Wildman–Crippen LogP) is 2.36. The van der Waals surface area contributed by atoms with Gasteiger partial charge in [-0.3, -0.25) is 4.90 Å². The van der Waals surface area contributed by atoms with Gasteiger partial charge in [0.2, 0.25) is 0 Å². The van der Waals surface area contributed by atoms with Gasteiger partial charge in [0.05, 0.1) is 6.61 Å². The summed E-state index contributed by atoms with van der Waals surface area (Å²) in [5.41, 5.74) is 1.26. The highest BCUT2D eigenvalue weighted by Crippen LogP contribution is 2.31. The quantitative estimate of drug-likeness (QED) is 0.798. The summed E-state index contributed by atoms with van der Waals surface area (Å²) in [6.07, 6.45) is 3.68. The molecule has 2 aliphatic rings. The topological polar surface area (TPSA) is 35.9 Å². The zero-order valence-electron chi connectivity index (χ0n) is 14.3. The van der Waals surface area contributed by atoms with E-state index in [1.165, 1.54) is 24.9 Å². The van der Waals surface area contributed by atoms with Crippen LogP contribution >= 0.6 is 0 Å². The fourth-order valence-electron chi connectivity index (χ4n) is 3.57. The first-order valence-electron chi connectivity index (χ1n) is 9.08. The maximum absolute atomic E-state index is 9.45. The summed E-state index contributed by atoms with van der Waals surface area (Å²) in [5, 5.41) is 9.45. The highest BCUT2D eigenvalue weighted by Gasteiger charge is 2.31. The molecule has 1 atom stereocenters. The fourth-order valence-corrected chi connectivity index (χ4v) is 3.57. The molecular formula is C19H30N2O2. The third kappa shape index (κ3) is 4.69. The second kappa shape index (κ2) is 8.13. The van der Waals surface area contributed by atoms with Crippen molar-refractivity contribution in [2.24, 2.45) is 5.92 Å². The highest BCUT2D eigenvalue weighted by molar-refractivity contribution is 5.33. The Morgan fingerprint density at radius 1 is 1.22 bits per heavy atom. The molecule has 0 unspecified atom stereocenters. The Bertz CT molecular complexity index is 490. The van der Waals surface area contributed by atoms with E-state index in [0.29, 0.717) is 12.6 Å². The summed E-state index contributed by atoms with van der Waals surface area (Å²) in [5.74, 6) is 1.94. The largest absolute Gasteiger partial charge is 0.494 e. The molecule has 1 aliphatic heterocycles. The maximum Gasteiger partial charge on any atom is 0.123 e. The van der Waals surface area contributed by atoms with Gasteiger partial charge in [-0.2, -0.15) is 0 Å². The van der Waals surface area contributed by atoms with Crippen molar-refractivity contribution in [1.82, 2.24) is 9.80 Å². The summed E-state index contributed by atoms with van der Waals surface area (Å²) in [7, 11) is 0. The SMILES string of the molecule is CCOc1ccccc1CN1CCN(CC2CC2)C[C@H]1CCO. The van der Waals surface area contributed by atoms with Crippen LogP contribution in [0.1, 0.15) is 31.7 Å². The van der Waals surface area contributed by atoms with E-state index in [-0.39, 0.29) is 6.61 Å². The molecule has 1 N–H and O–H groups in total. The molecule has 1 saturated heterocycles. The molecule has 1 aromatic rings. The summed E-state index contributed by atoms with van der Waals surface area (Å²) < 4.78 is 5.77. The summed E-state index contributed by atoms with van der Waals surface area (Å²) in [4.78, 5) is 5.13. The first kappa shape index (κ1) is 16.7. The van der Waals surface area contributed by atoms with Crippen molar-refractivity contribution in [3.8, 4) is 5.75 Å². The third-order valence-electron chi connectivity index (χ3n) is 5.01. The molecule has 4 nitrogen and oxygen atoms in total. The molecule has 1 aliphatic carbocycles. The number of piperazine rings is 1. The first-order chi connectivity index (χ1) is 11.3. The Morgan fingerprint density at radius 3 is 2.78 bits per heavy atom. The van der Waals surface area contributed by atoms with E-state index in [4.69, 9.17) is 4.74 Å². The van der Waals surface area contributed by atoms with Crippen molar-refractivity contribution in [3.63, 3.8) is 0 Å². The Hall–Kier alpha value is -1.10. The predicted molar refractivity (Wildman–Crippen MR) is 92.7 cm³/mol. The average Bonchev–Trinajstić information content (AvgIpc) is 3.36. The van der Waals surface area contributed by atoms with Gasteiger partial charge in [0.25, 0.3) is 0 Å². The molecule has 1 heterocycles. The van der Waals surface area contributed by atoms with E-state index >= 15 is 0 Å². The van der Waals surface area contributed by atoms with Crippen LogP contribution in [0.5, 0.6) is 5.75 Å². The van der Waals surface area contributed by atoms with Crippen molar-refractivity contribution in [2.45, 2.75) is 38.8 Å². The maximum atomic E-state index is 9.45. The lowest BCUT2D eigenvalue weighted by Gasteiger charge is -2.41. The van der Waals surface area contributed by atoms with Crippen LogP contribution in [0.15, 0.2) is 24.3 Å². The number of hydrogen-bond acceptors (Lipinski definition) is 4. The van der Waals surface area contributed by atoms with Gasteiger partial charge in [-0.25, -0.2) is 0 Å². The van der Waals surface area contributed by atoms with Crippen molar-refractivity contribution >= 4 is 0 Å². The normalized spacial score (nSPS) is 23.1. The number of aliphatic hydroxyl groups is 1. The number of rotatable bonds is 8. The van der Waals surface area contributed by atoms with E-state index in [0.717, 1.165) is 44.3 Å². The van der Waals surface area contributed by atoms with Crippen molar-refractivity contribution < 1.29 is 9.84 Å². The Labute approximate surface area is 140 Å². The van der Waals surface area contributed by atoms with Gasteiger partial charge in [-0.05, 0) is 38.2 Å². The minimum atomic E-state index is 0.269. The second-order valence-corrected chi connectivity index (χ2v) is 6.88. The number of hydrogen-bond donors (Lipinski definition) is 1. The van der Waals surface area contributed by atoms with E-state index in [9.17, 15) is 5.11 Å². The van der Waals surface area contributed by atoms with Gasteiger partial charge >= 0.3 is 0 Å². The summed E-state index contributed by atoms with van der Waals surface area (Å²) in [6, 6.07) is 8.79. The standard InChI is InChI=1S/C19H30N2O2/c1-2-23-19-6-4-3-5-17(19)14-21-11-10-20(13-16-7-8-16)15-18(21)9-12-22/h3-6,16,18,22H,2,7-15H2,1H3/t18-/m1/s1. The molecule has 1 saturated carbocycles. The highest BCUT2D eigenvalue weighted by atomic mass is 16.5. The minimum absolute atomic E-state index is 0.269. The lowest BCUT2D eigenvalue weighted by Crippen LogP contribution is -2.53. The molecule has 0 bridgehead atoms. The second-order valence-electron chi connectivity index (χ2n) is 6.88. The number of para-hydroxylation sites is 1. The first-order valence-corrected chi connectivity index (χ1v) is 9.08. The summed E-state index contributed by atoms with van der Waals surface area (Å²) in [6.45, 7) is 8.49. The number of aliphatic hydroxyl groups excluding tert-OH is 1. The number of benzene rings is 1. The molecule has 0 spiro atoms. The van der Waals surface area contributed by atoms with Crippen LogP contribution in [0.2, 0.25) is 0 Å². The van der Waals surface area contributed by atoms with E-state index in [1.807, 2.05) is 13.0 Å². The lowest BCUT2D eigenvalue weighted by atomic mass is 10.1. The van der Waals surface area contributed by atoms with Crippen LogP contribution in [0.25, 0.3) is 0 Å². The molecular weight excluding hydrogens is 288 g/mol. The van der Waals surface area contributed by atoms with Crippen LogP contribution < -0.4 is 4.74 Å². The van der Waals surface area contributed by atoms with E-state index in [1.54, 1.807) is 0 Å². The molecule has 4 heteroatoms. The van der Waals surface area contributed by atoms with Crippen molar-refractivity contribution in [3.05, 3.63) is 29.8 Å². The van der Waals surface area contributed by atoms with E-state index < -0.39 is 0 Å². The molecule has 2 fully saturated rings. The van der Waals surface area contributed by atoms with Crippen LogP contribution in [0.4, 0.5) is 0 Å². The zero-order valence-corrected chi connectivity index (χ0v) is 14.3. The van der Waals surface area contributed by atoms with Crippen LogP contribution in [0, 0.1) is 5.92 Å². The Kier molecular flexibility index (Phi) is 5.92. The molecule has 128 valence electrons. The Balaban J connectivity index is 1.63. The average molecular weight is 318 g/mol. The van der Waals surface area contributed by atoms with Crippen LogP contribution in [0.3, 0.4) is 0 Å². The van der Waals surface area contributed by atoms with E-state index in [2.05, 4.69) is 28.0 Å². The van der Waals surface area contributed by atoms with Gasteiger partial charge in [0.15, 0.2) is 0 Å². The van der Waals surface area contributed by atoms with Crippen molar-refractivity contribution in [1.29, 1.82) is 0 Å². The number of nitrogens with zero attached hydrogens (tertiary/aromatic N) is 2. The molecule has 3 rings (SSSR count). The molecule has 1 aromatic carbocycles. The van der Waals surface area contributed by atoms with Crippen molar-refractivity contribution in [2.75, 3.05) is 39.4 Å². The molecule has 0 radical (unpaired) electrons. The smallest absolute Gasteiger partial charge is 0.123 e. The van der Waals surface area contributed by atoms with Gasteiger partial charge in [-0.1, -0.05) is 18.2 Å². The summed E-state index contributed by atoms with van der Waals surface area (Å²) >= 11 is 0.